The van der Waals surface area contributed by atoms with Crippen LogP contribution in [-0.2, 0) is 17.8 Å². The fraction of sp³-hybridized carbons (Fsp3) is 0.545. The first-order valence-electron chi connectivity index (χ1n) is 15.4. The molecular formula is C33H44ClN5O4. The summed E-state index contributed by atoms with van der Waals surface area (Å²) in [5, 5.41) is 17.3. The third-order valence-electron chi connectivity index (χ3n) is 10.3. The van der Waals surface area contributed by atoms with Crippen molar-refractivity contribution in [3.8, 4) is 0 Å². The average Bonchev–Trinajstić information content (AvgIpc) is 3.14. The van der Waals surface area contributed by atoms with Crippen molar-refractivity contribution in [3.05, 3.63) is 63.7 Å². The smallest absolute Gasteiger partial charge is 0.322 e. The van der Waals surface area contributed by atoms with E-state index in [1.54, 1.807) is 0 Å². The van der Waals surface area contributed by atoms with Gasteiger partial charge < -0.3 is 29.8 Å². The van der Waals surface area contributed by atoms with E-state index in [-0.39, 0.29) is 36.1 Å². The minimum atomic E-state index is -1.19. The maximum Gasteiger partial charge on any atom is 0.322 e. The van der Waals surface area contributed by atoms with Crippen molar-refractivity contribution in [2.24, 2.45) is 0 Å². The van der Waals surface area contributed by atoms with Crippen LogP contribution in [0.1, 0.15) is 54.4 Å². The zero-order valence-corrected chi connectivity index (χ0v) is 26.5. The number of quaternary nitrogens is 1. The third kappa shape index (κ3) is 5.80. The van der Waals surface area contributed by atoms with Gasteiger partial charge >= 0.3 is 6.03 Å². The lowest BCUT2D eigenvalue weighted by Crippen LogP contribution is -2.80. The van der Waals surface area contributed by atoms with E-state index >= 15 is 0 Å². The summed E-state index contributed by atoms with van der Waals surface area (Å²) in [6.45, 7) is 6.11. The molecule has 0 spiro atoms. The Morgan fingerprint density at radius 2 is 1.81 bits per heavy atom. The number of benzene rings is 2. The number of aldehydes is 1. The molecule has 3 atom stereocenters. The largest absolute Gasteiger partial charge is 0.498 e. The molecule has 10 heteroatoms. The van der Waals surface area contributed by atoms with Gasteiger partial charge in [0.15, 0.2) is 5.66 Å². The van der Waals surface area contributed by atoms with Gasteiger partial charge in [0.1, 0.15) is 12.8 Å². The Labute approximate surface area is 260 Å². The molecule has 3 amide bonds. The summed E-state index contributed by atoms with van der Waals surface area (Å²) in [5.41, 5.74) is 3.43. The number of carbonyl (C=O) groups excluding carboxylic acids is 3. The number of nitrogens with one attached hydrogen (secondary N) is 1. The van der Waals surface area contributed by atoms with E-state index in [4.69, 9.17) is 11.6 Å². The number of anilines is 1. The molecule has 2 fully saturated rings. The predicted molar refractivity (Wildman–Crippen MR) is 166 cm³/mol. The van der Waals surface area contributed by atoms with Crippen LogP contribution in [0.2, 0.25) is 5.02 Å². The molecule has 2 aromatic carbocycles. The fourth-order valence-corrected chi connectivity index (χ4v) is 8.05. The van der Waals surface area contributed by atoms with Gasteiger partial charge in [-0.1, -0.05) is 29.8 Å². The number of para-hydroxylation sites is 1. The van der Waals surface area contributed by atoms with Crippen LogP contribution in [0.3, 0.4) is 0 Å². The number of hydrogen-bond acceptors (Lipinski definition) is 6. The van der Waals surface area contributed by atoms with Crippen LogP contribution in [0, 0.1) is 13.8 Å². The van der Waals surface area contributed by atoms with E-state index in [9.17, 15) is 19.5 Å². The van der Waals surface area contributed by atoms with Crippen LogP contribution in [0.25, 0.3) is 0 Å². The molecule has 2 aromatic rings. The fourth-order valence-electron chi connectivity index (χ4n) is 7.95. The lowest BCUT2D eigenvalue weighted by atomic mass is 9.81. The van der Waals surface area contributed by atoms with Crippen molar-refractivity contribution in [3.63, 3.8) is 0 Å². The number of fused-ring (bicyclic) bond motifs is 1. The lowest BCUT2D eigenvalue weighted by Gasteiger charge is -2.61. The van der Waals surface area contributed by atoms with E-state index in [2.05, 4.69) is 29.2 Å². The first kappa shape index (κ1) is 31.4. The Hall–Kier alpha value is -2.98. The molecule has 0 radical (unpaired) electrons. The number of hydrogen-bond donors (Lipinski definition) is 1. The average molecular weight is 610 g/mol. The number of urea groups is 1. The number of likely N-dealkylation sites (tertiary alicyclic amines) is 2. The number of amides is 3. The van der Waals surface area contributed by atoms with Gasteiger partial charge in [-0.2, -0.15) is 0 Å². The summed E-state index contributed by atoms with van der Waals surface area (Å²) < 4.78 is -0.384. The monoisotopic (exact) mass is 609 g/mol. The molecule has 3 aliphatic rings. The molecule has 5 rings (SSSR count). The van der Waals surface area contributed by atoms with Crippen LogP contribution >= 0.6 is 11.6 Å². The molecule has 0 aromatic heterocycles. The summed E-state index contributed by atoms with van der Waals surface area (Å²) in [4.78, 5) is 46.1. The molecule has 232 valence electrons. The summed E-state index contributed by atoms with van der Waals surface area (Å²) in [7, 11) is 4.14. The van der Waals surface area contributed by atoms with E-state index < -0.39 is 11.8 Å². The standard InChI is InChI=1S/C33H44ClN5O4/c1-23-19-25(20-24(2)30(23)34)22-39(32(42)43)17-12-28(38-16-9-26-7-5-6-8-29(26)35-31(38)41)21-33(39,13-18-40)37-14-10-27(11-15-37)36(3)4/h5-8,18-20,27-28H,9-17,21-22H2,1-4H3,(H-,35,41,42,43)/t28?,33?,39-/m0/s1. The highest BCUT2D eigenvalue weighted by atomic mass is 35.5. The highest BCUT2D eigenvalue weighted by Crippen LogP contribution is 2.45. The van der Waals surface area contributed by atoms with Gasteiger partial charge in [0.05, 0.1) is 13.0 Å². The van der Waals surface area contributed by atoms with Crippen LogP contribution in [-0.4, -0.2) is 95.6 Å². The van der Waals surface area contributed by atoms with Crippen molar-refractivity contribution < 1.29 is 24.0 Å². The number of rotatable bonds is 7. The molecule has 0 saturated carbocycles. The van der Waals surface area contributed by atoms with Crippen molar-refractivity contribution in [1.82, 2.24) is 14.7 Å². The van der Waals surface area contributed by atoms with Crippen molar-refractivity contribution in [1.29, 1.82) is 0 Å². The van der Waals surface area contributed by atoms with E-state index in [1.807, 2.05) is 55.1 Å². The second-order valence-corrected chi connectivity index (χ2v) is 13.2. The Kier molecular flexibility index (Phi) is 9.18. The predicted octanol–water partition coefficient (Wildman–Crippen LogP) is 4.18. The second-order valence-electron chi connectivity index (χ2n) is 12.9. The molecule has 0 aliphatic carbocycles. The number of carbonyl (C=O) groups is 3. The van der Waals surface area contributed by atoms with Crippen molar-refractivity contribution >= 4 is 35.7 Å². The van der Waals surface area contributed by atoms with Gasteiger partial charge in [-0.25, -0.2) is 4.79 Å². The number of nitrogens with zero attached hydrogens (tertiary/aromatic N) is 4. The Morgan fingerprint density at radius 3 is 2.44 bits per heavy atom. The highest BCUT2D eigenvalue weighted by molar-refractivity contribution is 6.32. The molecule has 2 saturated heterocycles. The molecule has 3 heterocycles. The molecule has 3 aliphatic heterocycles. The van der Waals surface area contributed by atoms with Crippen LogP contribution in [0.15, 0.2) is 36.4 Å². The molecule has 9 nitrogen and oxygen atoms in total. The van der Waals surface area contributed by atoms with Crippen LogP contribution < -0.4 is 10.4 Å². The Morgan fingerprint density at radius 1 is 1.14 bits per heavy atom. The minimum Gasteiger partial charge on any atom is -0.498 e. The van der Waals surface area contributed by atoms with Gasteiger partial charge in [-0.3, -0.25) is 9.38 Å². The summed E-state index contributed by atoms with van der Waals surface area (Å²) >= 11 is 6.49. The minimum absolute atomic E-state index is 0.0331. The van der Waals surface area contributed by atoms with Crippen molar-refractivity contribution in [2.45, 2.75) is 76.7 Å². The van der Waals surface area contributed by atoms with E-state index in [0.717, 1.165) is 47.1 Å². The third-order valence-corrected chi connectivity index (χ3v) is 10.9. The molecule has 1 N–H and O–H groups in total. The SMILES string of the molecule is Cc1cc(C[N@+]2(C(=O)[O-])CCC(N3CCc4ccccc4NC3=O)CC2(CC=O)N2CCC(N(C)C)CC2)cc(C)c1Cl. The Bertz CT molecular complexity index is 1350. The number of aryl methyl sites for hydroxylation is 2. The van der Waals surface area contributed by atoms with Crippen molar-refractivity contribution in [2.75, 3.05) is 45.6 Å². The first-order chi connectivity index (χ1) is 20.5. The Balaban J connectivity index is 1.56. The molecule has 0 bridgehead atoms. The summed E-state index contributed by atoms with van der Waals surface area (Å²) in [6.07, 6.45) is 2.99. The van der Waals surface area contributed by atoms with Crippen LogP contribution in [0.4, 0.5) is 15.3 Å². The number of piperidine rings is 2. The summed E-state index contributed by atoms with van der Waals surface area (Å²) in [5.74, 6) is 0. The zero-order chi connectivity index (χ0) is 30.9. The summed E-state index contributed by atoms with van der Waals surface area (Å²) in [6, 6.07) is 11.7. The molecular weight excluding hydrogens is 566 g/mol. The quantitative estimate of drug-likeness (QED) is 0.374. The lowest BCUT2D eigenvalue weighted by molar-refractivity contribution is -0.956. The number of carboxylic acid groups (broad SMARTS) is 1. The maximum atomic E-state index is 13.6. The van der Waals surface area contributed by atoms with E-state index in [0.29, 0.717) is 50.0 Å². The first-order valence-corrected chi connectivity index (χ1v) is 15.7. The van der Waals surface area contributed by atoms with Crippen LogP contribution in [0.5, 0.6) is 0 Å². The van der Waals surface area contributed by atoms with Gasteiger partial charge in [-0.05, 0) is 82.1 Å². The molecule has 2 unspecified atom stereocenters. The van der Waals surface area contributed by atoms with E-state index in [1.165, 1.54) is 0 Å². The van der Waals surface area contributed by atoms with Gasteiger partial charge in [-0.15, -0.1) is 0 Å². The second kappa shape index (κ2) is 12.6. The highest BCUT2D eigenvalue weighted by Gasteiger charge is 2.61. The maximum absolute atomic E-state index is 13.6. The van der Waals surface area contributed by atoms with Gasteiger partial charge in [0, 0.05) is 60.8 Å². The normalized spacial score (nSPS) is 27.0. The van der Waals surface area contributed by atoms with Gasteiger partial charge in [0.2, 0.25) is 0 Å². The topological polar surface area (TPSA) is 96.0 Å². The molecule has 43 heavy (non-hydrogen) atoms. The number of halogens is 1. The van der Waals surface area contributed by atoms with Gasteiger partial charge in [0.25, 0.3) is 6.09 Å². The zero-order valence-electron chi connectivity index (χ0n) is 25.8.